The highest BCUT2D eigenvalue weighted by Gasteiger charge is 2.12. The molecule has 2 nitrogen and oxygen atoms in total. The number of rotatable bonds is 1. The van der Waals surface area contributed by atoms with Crippen molar-refractivity contribution in [1.29, 1.82) is 0 Å². The zero-order valence-electron chi connectivity index (χ0n) is 7.83. The van der Waals surface area contributed by atoms with Crippen molar-refractivity contribution in [2.45, 2.75) is 0 Å². The van der Waals surface area contributed by atoms with Gasteiger partial charge in [-0.1, -0.05) is 24.3 Å². The molecule has 68 valence electrons. The summed E-state index contributed by atoms with van der Waals surface area (Å²) >= 11 is 0. The summed E-state index contributed by atoms with van der Waals surface area (Å²) in [5.41, 5.74) is 9.30. The maximum atomic E-state index is 5.89. The zero-order chi connectivity index (χ0) is 9.26. The van der Waals surface area contributed by atoms with Gasteiger partial charge in [-0.15, -0.1) is 0 Å². The average molecular weight is 174 g/mol. The third-order valence-corrected chi connectivity index (χ3v) is 2.40. The summed E-state index contributed by atoms with van der Waals surface area (Å²) in [6.07, 6.45) is 2.24. The topological polar surface area (TPSA) is 29.3 Å². The normalized spacial score (nSPS) is 17.5. The first kappa shape index (κ1) is 8.32. The van der Waals surface area contributed by atoms with Gasteiger partial charge in [0.25, 0.3) is 0 Å². The van der Waals surface area contributed by atoms with Gasteiger partial charge in [0, 0.05) is 24.3 Å². The monoisotopic (exact) mass is 174 g/mol. The first-order valence-corrected chi connectivity index (χ1v) is 4.50. The summed E-state index contributed by atoms with van der Waals surface area (Å²) in [5.74, 6) is 0. The summed E-state index contributed by atoms with van der Waals surface area (Å²) < 4.78 is 0. The van der Waals surface area contributed by atoms with E-state index in [-0.39, 0.29) is 0 Å². The van der Waals surface area contributed by atoms with Gasteiger partial charge in [-0.2, -0.15) is 0 Å². The van der Waals surface area contributed by atoms with Crippen LogP contribution < -0.4 is 5.73 Å². The third-order valence-electron chi connectivity index (χ3n) is 2.40. The molecule has 0 saturated heterocycles. The molecule has 13 heavy (non-hydrogen) atoms. The van der Waals surface area contributed by atoms with E-state index in [1.165, 1.54) is 11.1 Å². The molecule has 0 atom stereocenters. The van der Waals surface area contributed by atoms with Gasteiger partial charge >= 0.3 is 0 Å². The van der Waals surface area contributed by atoms with E-state index >= 15 is 0 Å². The van der Waals surface area contributed by atoms with Crippen molar-refractivity contribution in [3.8, 4) is 0 Å². The number of nitrogens with two attached hydrogens (primary N) is 1. The zero-order valence-corrected chi connectivity index (χ0v) is 7.83. The summed E-state index contributed by atoms with van der Waals surface area (Å²) in [5, 5.41) is 0. The van der Waals surface area contributed by atoms with Gasteiger partial charge in [0.1, 0.15) is 0 Å². The molecule has 0 bridgehead atoms. The van der Waals surface area contributed by atoms with Crippen molar-refractivity contribution >= 4 is 11.3 Å². The van der Waals surface area contributed by atoms with Crippen molar-refractivity contribution in [3.05, 3.63) is 35.9 Å². The van der Waals surface area contributed by atoms with Crippen LogP contribution in [0, 0.1) is 0 Å². The number of likely N-dealkylation sites (N-methyl/N-ethyl adjacent to an activating group) is 1. The van der Waals surface area contributed by atoms with E-state index in [2.05, 4.69) is 24.1 Å². The van der Waals surface area contributed by atoms with Crippen molar-refractivity contribution in [3.63, 3.8) is 0 Å². The van der Waals surface area contributed by atoms with Gasteiger partial charge in [-0.05, 0) is 18.7 Å². The molecule has 0 radical (unpaired) electrons. The number of nitrogen functional groups attached to an aromatic ring is 1. The Morgan fingerprint density at radius 1 is 1.31 bits per heavy atom. The van der Waals surface area contributed by atoms with Gasteiger partial charge in [0.15, 0.2) is 0 Å². The Kier molecular flexibility index (Phi) is 2.07. The minimum Gasteiger partial charge on any atom is -0.398 e. The molecule has 2 rings (SSSR count). The highest BCUT2D eigenvalue weighted by molar-refractivity contribution is 5.77. The first-order valence-electron chi connectivity index (χ1n) is 4.50. The SMILES string of the molecule is CN1CC=C(c2ccccc2N)C1. The number of para-hydroxylation sites is 1. The fourth-order valence-corrected chi connectivity index (χ4v) is 1.67. The molecule has 0 spiro atoms. The molecule has 0 amide bonds. The molecule has 0 unspecified atom stereocenters. The molecule has 2 N–H and O–H groups in total. The Morgan fingerprint density at radius 2 is 2.08 bits per heavy atom. The van der Waals surface area contributed by atoms with E-state index in [1.807, 2.05) is 18.2 Å². The molecule has 0 aromatic heterocycles. The summed E-state index contributed by atoms with van der Waals surface area (Å²) in [4.78, 5) is 2.27. The number of hydrogen-bond donors (Lipinski definition) is 1. The van der Waals surface area contributed by atoms with E-state index in [0.29, 0.717) is 0 Å². The largest absolute Gasteiger partial charge is 0.398 e. The summed E-state index contributed by atoms with van der Waals surface area (Å²) in [6, 6.07) is 8.04. The summed E-state index contributed by atoms with van der Waals surface area (Å²) in [6.45, 7) is 2.04. The molecule has 1 aromatic carbocycles. The van der Waals surface area contributed by atoms with Crippen LogP contribution in [0.2, 0.25) is 0 Å². The quantitative estimate of drug-likeness (QED) is 0.655. The Labute approximate surface area is 78.7 Å². The molecule has 1 aliphatic heterocycles. The molecule has 2 heteroatoms. The molecule has 0 fully saturated rings. The maximum Gasteiger partial charge on any atom is 0.0390 e. The average Bonchev–Trinajstić information content (AvgIpc) is 2.53. The predicted molar refractivity (Wildman–Crippen MR) is 56.3 cm³/mol. The highest BCUT2D eigenvalue weighted by Crippen LogP contribution is 2.24. The molecular weight excluding hydrogens is 160 g/mol. The lowest BCUT2D eigenvalue weighted by atomic mass is 10.1. The van der Waals surface area contributed by atoms with Crippen molar-refractivity contribution < 1.29 is 0 Å². The van der Waals surface area contributed by atoms with E-state index < -0.39 is 0 Å². The lowest BCUT2D eigenvalue weighted by molar-refractivity contribution is 0.439. The predicted octanol–water partition coefficient (Wildman–Crippen LogP) is 1.60. The Balaban J connectivity index is 2.31. The van der Waals surface area contributed by atoms with E-state index in [0.717, 1.165) is 18.8 Å². The van der Waals surface area contributed by atoms with E-state index in [9.17, 15) is 0 Å². The number of nitrogens with zero attached hydrogens (tertiary/aromatic N) is 1. The van der Waals surface area contributed by atoms with E-state index in [4.69, 9.17) is 5.73 Å². The van der Waals surface area contributed by atoms with Crippen LogP contribution >= 0.6 is 0 Å². The molecular formula is C11H14N2. The van der Waals surface area contributed by atoms with Crippen LogP contribution in [0.15, 0.2) is 30.3 Å². The van der Waals surface area contributed by atoms with Crippen LogP contribution in [0.5, 0.6) is 0 Å². The van der Waals surface area contributed by atoms with Crippen LogP contribution in [0.25, 0.3) is 5.57 Å². The van der Waals surface area contributed by atoms with E-state index in [1.54, 1.807) is 0 Å². The minimum absolute atomic E-state index is 0.879. The second-order valence-corrected chi connectivity index (χ2v) is 3.51. The van der Waals surface area contributed by atoms with Gasteiger partial charge in [-0.3, -0.25) is 4.90 Å². The highest BCUT2D eigenvalue weighted by atomic mass is 15.1. The van der Waals surface area contributed by atoms with Crippen LogP contribution in [-0.4, -0.2) is 25.0 Å². The van der Waals surface area contributed by atoms with Gasteiger partial charge in [-0.25, -0.2) is 0 Å². The molecule has 0 aliphatic carbocycles. The van der Waals surface area contributed by atoms with Gasteiger partial charge in [0.2, 0.25) is 0 Å². The lowest BCUT2D eigenvalue weighted by Crippen LogP contribution is -2.13. The van der Waals surface area contributed by atoms with Gasteiger partial charge in [0.05, 0.1) is 0 Å². The number of hydrogen-bond acceptors (Lipinski definition) is 2. The summed E-state index contributed by atoms with van der Waals surface area (Å²) in [7, 11) is 2.11. The first-order chi connectivity index (χ1) is 6.27. The van der Waals surface area contributed by atoms with Crippen molar-refractivity contribution in [2.75, 3.05) is 25.9 Å². The second-order valence-electron chi connectivity index (χ2n) is 3.51. The molecule has 0 saturated carbocycles. The van der Waals surface area contributed by atoms with Crippen LogP contribution in [0.4, 0.5) is 5.69 Å². The van der Waals surface area contributed by atoms with Gasteiger partial charge < -0.3 is 5.73 Å². The van der Waals surface area contributed by atoms with Crippen LogP contribution in [0.1, 0.15) is 5.56 Å². The molecule has 1 aliphatic rings. The van der Waals surface area contributed by atoms with Crippen LogP contribution in [0.3, 0.4) is 0 Å². The number of anilines is 1. The molecule has 1 aromatic rings. The van der Waals surface area contributed by atoms with Crippen LogP contribution in [-0.2, 0) is 0 Å². The third kappa shape index (κ3) is 1.58. The Hall–Kier alpha value is -1.28. The lowest BCUT2D eigenvalue weighted by Gasteiger charge is -2.09. The maximum absolute atomic E-state index is 5.89. The fourth-order valence-electron chi connectivity index (χ4n) is 1.67. The number of benzene rings is 1. The second kappa shape index (κ2) is 3.23. The standard InChI is InChI=1S/C11H14N2/c1-13-7-6-9(8-13)10-4-2-3-5-11(10)12/h2-6H,7-8,12H2,1H3. The van der Waals surface area contributed by atoms with Crippen molar-refractivity contribution in [1.82, 2.24) is 4.90 Å². The van der Waals surface area contributed by atoms with Crippen molar-refractivity contribution in [2.24, 2.45) is 0 Å². The fraction of sp³-hybridized carbons (Fsp3) is 0.273. The Morgan fingerprint density at radius 3 is 2.69 bits per heavy atom. The minimum atomic E-state index is 0.879. The smallest absolute Gasteiger partial charge is 0.0390 e. The Bertz CT molecular complexity index is 342. The molecule has 1 heterocycles.